The van der Waals surface area contributed by atoms with E-state index >= 15 is 0 Å². The molecule has 0 radical (unpaired) electrons. The van der Waals surface area contributed by atoms with Crippen molar-refractivity contribution in [1.29, 1.82) is 0 Å². The van der Waals surface area contributed by atoms with Gasteiger partial charge in [0.2, 0.25) is 0 Å². The van der Waals surface area contributed by atoms with Crippen LogP contribution in [0.25, 0.3) is 10.9 Å². The van der Waals surface area contributed by atoms with Gasteiger partial charge in [0, 0.05) is 43.8 Å². The Bertz CT molecular complexity index is 980. The maximum Gasteiger partial charge on any atom is 0.267 e. The number of ether oxygens (including phenoxy) is 2. The van der Waals surface area contributed by atoms with Gasteiger partial charge in [-0.2, -0.15) is 0 Å². The number of methoxy groups -OCH3 is 1. The first-order valence-corrected chi connectivity index (χ1v) is 9.82. The molecule has 1 atom stereocenters. The highest BCUT2D eigenvalue weighted by molar-refractivity contribution is 5.99. The fourth-order valence-electron chi connectivity index (χ4n) is 3.84. The SMILES string of the molecule is COc1ccc2c(c1)cc(C(=O)NC[C@H](c1ccccn1)N1CCOCC1)n2C. The van der Waals surface area contributed by atoms with Gasteiger partial charge < -0.3 is 19.4 Å². The Kier molecular flexibility index (Phi) is 5.78. The Morgan fingerprint density at radius 3 is 2.79 bits per heavy atom. The molecular weight excluding hydrogens is 368 g/mol. The van der Waals surface area contributed by atoms with E-state index in [1.165, 1.54) is 0 Å². The molecule has 7 nitrogen and oxygen atoms in total. The summed E-state index contributed by atoms with van der Waals surface area (Å²) in [5, 5.41) is 4.09. The summed E-state index contributed by atoms with van der Waals surface area (Å²) in [6, 6.07) is 13.6. The predicted molar refractivity (Wildman–Crippen MR) is 111 cm³/mol. The molecule has 152 valence electrons. The smallest absolute Gasteiger partial charge is 0.267 e. The van der Waals surface area contributed by atoms with Gasteiger partial charge in [-0.25, -0.2) is 0 Å². The van der Waals surface area contributed by atoms with E-state index in [-0.39, 0.29) is 11.9 Å². The van der Waals surface area contributed by atoms with E-state index in [1.807, 2.05) is 54.1 Å². The van der Waals surface area contributed by atoms with Gasteiger partial charge in [-0.15, -0.1) is 0 Å². The Labute approximate surface area is 170 Å². The molecule has 0 saturated carbocycles. The van der Waals surface area contributed by atoms with Crippen molar-refractivity contribution >= 4 is 16.8 Å². The Hall–Kier alpha value is -2.90. The number of benzene rings is 1. The van der Waals surface area contributed by atoms with Crippen molar-refractivity contribution in [1.82, 2.24) is 19.8 Å². The zero-order chi connectivity index (χ0) is 20.2. The number of fused-ring (bicyclic) bond motifs is 1. The molecular formula is C22H26N4O3. The van der Waals surface area contributed by atoms with Gasteiger partial charge in [0.25, 0.3) is 5.91 Å². The van der Waals surface area contributed by atoms with Gasteiger partial charge in [-0.05, 0) is 36.4 Å². The summed E-state index contributed by atoms with van der Waals surface area (Å²) in [6.07, 6.45) is 1.79. The summed E-state index contributed by atoms with van der Waals surface area (Å²) in [5.74, 6) is 0.675. The number of aromatic nitrogens is 2. The molecule has 3 aromatic rings. The fraction of sp³-hybridized carbons (Fsp3) is 0.364. The van der Waals surface area contributed by atoms with Crippen LogP contribution < -0.4 is 10.1 Å². The van der Waals surface area contributed by atoms with Crippen molar-refractivity contribution in [3.8, 4) is 5.75 Å². The average Bonchev–Trinajstić information content (AvgIpc) is 3.11. The summed E-state index contributed by atoms with van der Waals surface area (Å²) >= 11 is 0. The maximum atomic E-state index is 13.0. The van der Waals surface area contributed by atoms with E-state index < -0.39 is 0 Å². The van der Waals surface area contributed by atoms with Crippen LogP contribution in [0.1, 0.15) is 22.2 Å². The number of nitrogens with one attached hydrogen (secondary N) is 1. The van der Waals surface area contributed by atoms with Gasteiger partial charge >= 0.3 is 0 Å². The average molecular weight is 394 g/mol. The number of morpholine rings is 1. The van der Waals surface area contributed by atoms with Gasteiger partial charge in [0.1, 0.15) is 11.4 Å². The first-order chi connectivity index (χ1) is 14.2. The number of hydrogen-bond donors (Lipinski definition) is 1. The molecule has 0 bridgehead atoms. The minimum Gasteiger partial charge on any atom is -0.497 e. The molecule has 1 aliphatic heterocycles. The third kappa shape index (κ3) is 4.11. The molecule has 1 aromatic carbocycles. The van der Waals surface area contributed by atoms with Crippen LogP contribution in [0.15, 0.2) is 48.7 Å². The van der Waals surface area contributed by atoms with Crippen LogP contribution >= 0.6 is 0 Å². The number of hydrogen-bond acceptors (Lipinski definition) is 5. The van der Waals surface area contributed by atoms with Crippen molar-refractivity contribution in [3.05, 3.63) is 60.0 Å². The predicted octanol–water partition coefficient (Wildman–Crippen LogP) is 2.39. The molecule has 1 saturated heterocycles. The molecule has 3 heterocycles. The molecule has 2 aromatic heterocycles. The van der Waals surface area contributed by atoms with Crippen molar-refractivity contribution in [3.63, 3.8) is 0 Å². The van der Waals surface area contributed by atoms with Gasteiger partial charge in [-0.3, -0.25) is 14.7 Å². The third-order valence-corrected chi connectivity index (χ3v) is 5.45. The number of carbonyl (C=O) groups excluding carboxylic acids is 1. The number of amides is 1. The summed E-state index contributed by atoms with van der Waals surface area (Å²) in [5.41, 5.74) is 2.57. The zero-order valence-corrected chi connectivity index (χ0v) is 16.8. The Morgan fingerprint density at radius 1 is 1.24 bits per heavy atom. The molecule has 1 aliphatic rings. The lowest BCUT2D eigenvalue weighted by atomic mass is 10.1. The molecule has 0 spiro atoms. The van der Waals surface area contributed by atoms with Crippen LogP contribution in [0.5, 0.6) is 5.75 Å². The second kappa shape index (κ2) is 8.63. The van der Waals surface area contributed by atoms with E-state index in [4.69, 9.17) is 9.47 Å². The summed E-state index contributed by atoms with van der Waals surface area (Å²) in [4.78, 5) is 19.8. The lowest BCUT2D eigenvalue weighted by Crippen LogP contribution is -2.44. The molecule has 4 rings (SSSR count). The van der Waals surface area contributed by atoms with Crippen LogP contribution in [0, 0.1) is 0 Å². The molecule has 1 N–H and O–H groups in total. The number of nitrogens with zero attached hydrogens (tertiary/aromatic N) is 3. The van der Waals surface area contributed by atoms with Crippen LogP contribution in [-0.4, -0.2) is 60.3 Å². The van der Waals surface area contributed by atoms with Crippen molar-refractivity contribution in [2.75, 3.05) is 40.0 Å². The summed E-state index contributed by atoms with van der Waals surface area (Å²) < 4.78 is 12.7. The standard InChI is InChI=1S/C22H26N4O3/c1-25-19-7-6-17(28-2)13-16(19)14-20(25)22(27)24-15-21(18-5-3-4-8-23-18)26-9-11-29-12-10-26/h3-8,13-14,21H,9-12,15H2,1-2H3,(H,24,27)/t21-/m1/s1. The highest BCUT2D eigenvalue weighted by atomic mass is 16.5. The lowest BCUT2D eigenvalue weighted by molar-refractivity contribution is 0.0153. The van der Waals surface area contributed by atoms with E-state index in [1.54, 1.807) is 13.3 Å². The lowest BCUT2D eigenvalue weighted by Gasteiger charge is -2.34. The monoisotopic (exact) mass is 394 g/mol. The van der Waals surface area contributed by atoms with Gasteiger partial charge in [0.15, 0.2) is 0 Å². The van der Waals surface area contributed by atoms with E-state index in [0.717, 1.165) is 35.4 Å². The normalized spacial score (nSPS) is 15.9. The molecule has 0 aliphatic carbocycles. The van der Waals surface area contributed by atoms with E-state index in [0.29, 0.717) is 25.5 Å². The number of pyridine rings is 1. The molecule has 1 fully saturated rings. The minimum atomic E-state index is -0.100. The second-order valence-corrected chi connectivity index (χ2v) is 7.14. The Balaban J connectivity index is 1.53. The quantitative estimate of drug-likeness (QED) is 0.695. The zero-order valence-electron chi connectivity index (χ0n) is 16.8. The van der Waals surface area contributed by atoms with E-state index in [9.17, 15) is 4.79 Å². The number of carbonyl (C=O) groups is 1. The Morgan fingerprint density at radius 2 is 2.07 bits per heavy atom. The first-order valence-electron chi connectivity index (χ1n) is 9.82. The number of rotatable bonds is 6. The van der Waals surface area contributed by atoms with Crippen molar-refractivity contribution in [2.45, 2.75) is 6.04 Å². The van der Waals surface area contributed by atoms with Crippen LogP contribution in [-0.2, 0) is 11.8 Å². The molecule has 29 heavy (non-hydrogen) atoms. The molecule has 0 unspecified atom stereocenters. The minimum absolute atomic E-state index is 0.0128. The summed E-state index contributed by atoms with van der Waals surface area (Å²) in [6.45, 7) is 3.53. The van der Waals surface area contributed by atoms with Gasteiger partial charge in [-0.1, -0.05) is 6.07 Å². The van der Waals surface area contributed by atoms with Crippen LogP contribution in [0.4, 0.5) is 0 Å². The van der Waals surface area contributed by atoms with Crippen LogP contribution in [0.3, 0.4) is 0 Å². The summed E-state index contributed by atoms with van der Waals surface area (Å²) in [7, 11) is 3.54. The second-order valence-electron chi connectivity index (χ2n) is 7.14. The van der Waals surface area contributed by atoms with E-state index in [2.05, 4.69) is 15.2 Å². The third-order valence-electron chi connectivity index (χ3n) is 5.45. The highest BCUT2D eigenvalue weighted by Gasteiger charge is 2.25. The largest absolute Gasteiger partial charge is 0.497 e. The van der Waals surface area contributed by atoms with Gasteiger partial charge in [0.05, 0.1) is 32.1 Å². The molecule has 7 heteroatoms. The number of aryl methyl sites for hydroxylation is 1. The van der Waals surface area contributed by atoms with Crippen molar-refractivity contribution < 1.29 is 14.3 Å². The maximum absolute atomic E-state index is 13.0. The van der Waals surface area contributed by atoms with Crippen molar-refractivity contribution in [2.24, 2.45) is 7.05 Å². The fourth-order valence-corrected chi connectivity index (χ4v) is 3.84. The topological polar surface area (TPSA) is 68.6 Å². The molecule has 1 amide bonds. The highest BCUT2D eigenvalue weighted by Crippen LogP contribution is 2.24. The first kappa shape index (κ1) is 19.4. The van der Waals surface area contributed by atoms with Crippen LogP contribution in [0.2, 0.25) is 0 Å².